The van der Waals surface area contributed by atoms with Gasteiger partial charge in [0.1, 0.15) is 23.7 Å². The number of benzene rings is 3. The Hall–Kier alpha value is -5.30. The van der Waals surface area contributed by atoms with Crippen molar-refractivity contribution in [3.63, 3.8) is 0 Å². The van der Waals surface area contributed by atoms with E-state index < -0.39 is 17.1 Å². The second kappa shape index (κ2) is 12.2. The Balaban J connectivity index is 1.09. The average molecular weight is 692 g/mol. The quantitative estimate of drug-likeness (QED) is 0.230. The smallest absolute Gasteiger partial charge is 0.325 e. The van der Waals surface area contributed by atoms with E-state index in [4.69, 9.17) is 14.7 Å². The number of phenols is 1. The van der Waals surface area contributed by atoms with E-state index >= 15 is 4.39 Å². The second-order valence-electron chi connectivity index (χ2n) is 14.4. The number of nitrogens with zero attached hydrogens (tertiary/aromatic N) is 5. The van der Waals surface area contributed by atoms with Gasteiger partial charge in [-0.05, 0) is 86.1 Å². The van der Waals surface area contributed by atoms with Gasteiger partial charge < -0.3 is 24.6 Å². The normalized spacial score (nSPS) is 21.1. The summed E-state index contributed by atoms with van der Waals surface area (Å²) >= 11 is 0. The van der Waals surface area contributed by atoms with E-state index in [1.165, 1.54) is 6.20 Å². The summed E-state index contributed by atoms with van der Waals surface area (Å²) in [5, 5.41) is 12.7. The number of carbonyl (C=O) groups is 1. The van der Waals surface area contributed by atoms with Crippen LogP contribution < -0.4 is 20.9 Å². The standard InChI is InChI=1S/C38H38FN7O5/c39-32-28(30-17-26(47)15-22-5-1-2-6-27(22)30)9-10-29-33(32)41-37(51-21-38-11-3-13-45(38)14-4-12-38)42-34(29)44-19-24-7-8-25(20-44)46(24)31(48)16-23-18-40-36(50)43-35(23)49/h1-2,5-6,9-10,15,17-18,24-25,47H,3-4,7-8,11-14,16,19-21H2,(H2,40,43,49,50)/t24-,25+. The van der Waals surface area contributed by atoms with Gasteiger partial charge in [-0.2, -0.15) is 9.97 Å². The maximum atomic E-state index is 16.9. The molecular weight excluding hydrogens is 653 g/mol. The van der Waals surface area contributed by atoms with Gasteiger partial charge in [0.2, 0.25) is 5.91 Å². The average Bonchev–Trinajstić information content (AvgIpc) is 3.79. The maximum Gasteiger partial charge on any atom is 0.325 e. The van der Waals surface area contributed by atoms with Crippen molar-refractivity contribution < 1.29 is 19.0 Å². The molecule has 262 valence electrons. The number of aromatic nitrogens is 4. The number of phenolic OH excluding ortho intramolecular Hbond substituents is 1. The fourth-order valence-corrected chi connectivity index (χ4v) is 9.12. The van der Waals surface area contributed by atoms with Gasteiger partial charge in [0.25, 0.3) is 5.56 Å². The lowest BCUT2D eigenvalue weighted by Crippen LogP contribution is -2.56. The van der Waals surface area contributed by atoms with Crippen molar-refractivity contribution in [2.45, 2.75) is 62.6 Å². The van der Waals surface area contributed by atoms with Gasteiger partial charge in [-0.1, -0.05) is 30.3 Å². The van der Waals surface area contributed by atoms with Crippen LogP contribution in [-0.4, -0.2) is 91.2 Å². The zero-order valence-electron chi connectivity index (χ0n) is 28.0. The van der Waals surface area contributed by atoms with Crippen molar-refractivity contribution in [2.75, 3.05) is 37.7 Å². The molecule has 0 aliphatic carbocycles. The lowest BCUT2D eigenvalue weighted by Gasteiger charge is -2.42. The predicted octanol–water partition coefficient (Wildman–Crippen LogP) is 4.10. The minimum absolute atomic E-state index is 0.0422. The van der Waals surface area contributed by atoms with Crippen LogP contribution in [0.1, 0.15) is 44.1 Å². The van der Waals surface area contributed by atoms with Crippen LogP contribution in [0.4, 0.5) is 10.2 Å². The van der Waals surface area contributed by atoms with Gasteiger partial charge in [-0.15, -0.1) is 0 Å². The van der Waals surface area contributed by atoms with Crippen LogP contribution in [0.3, 0.4) is 0 Å². The molecule has 0 spiro atoms. The van der Waals surface area contributed by atoms with Gasteiger partial charge in [-0.3, -0.25) is 19.5 Å². The number of amides is 1. The highest BCUT2D eigenvalue weighted by molar-refractivity contribution is 6.01. The molecule has 4 aliphatic heterocycles. The van der Waals surface area contributed by atoms with Crippen molar-refractivity contribution >= 4 is 33.4 Å². The molecule has 6 heterocycles. The molecule has 3 aromatic carbocycles. The third kappa shape index (κ3) is 5.41. The third-order valence-electron chi connectivity index (χ3n) is 11.5. The van der Waals surface area contributed by atoms with Crippen molar-refractivity contribution in [1.82, 2.24) is 29.7 Å². The number of hydrogen-bond acceptors (Lipinski definition) is 9. The number of fused-ring (bicyclic) bond motifs is 5. The SMILES string of the molecule is O=C(Cc1c[nH]c(=O)[nH]c1=O)N1[C@@H]2CC[C@H]1CN(c1nc(OCC34CCCN3CCC4)nc3c(F)c(-c4cc(O)cc5ccccc45)ccc13)C2. The number of hydrogen-bond donors (Lipinski definition) is 3. The molecule has 12 nitrogen and oxygen atoms in total. The molecule has 2 bridgehead atoms. The first kappa shape index (κ1) is 31.7. The summed E-state index contributed by atoms with van der Waals surface area (Å²) in [6, 6.07) is 14.2. The number of rotatable bonds is 7. The summed E-state index contributed by atoms with van der Waals surface area (Å²) in [4.78, 5) is 58.1. The molecule has 4 aliphatic rings. The first-order valence-electron chi connectivity index (χ1n) is 17.7. The Morgan fingerprint density at radius 3 is 2.51 bits per heavy atom. The molecular formula is C38H38FN7O5. The molecule has 13 heteroatoms. The molecule has 1 amide bonds. The second-order valence-corrected chi connectivity index (χ2v) is 14.4. The van der Waals surface area contributed by atoms with Gasteiger partial charge in [-0.25, -0.2) is 9.18 Å². The highest BCUT2D eigenvalue weighted by atomic mass is 19.1. The van der Waals surface area contributed by atoms with Crippen molar-refractivity contribution in [2.24, 2.45) is 0 Å². The first-order valence-corrected chi connectivity index (χ1v) is 17.7. The Morgan fingerprint density at radius 2 is 1.75 bits per heavy atom. The fraction of sp³-hybridized carbons (Fsp3) is 0.395. The van der Waals surface area contributed by atoms with E-state index in [2.05, 4.69) is 19.8 Å². The molecule has 0 radical (unpaired) electrons. The number of ether oxygens (including phenoxy) is 1. The zero-order valence-corrected chi connectivity index (χ0v) is 28.0. The number of carbonyl (C=O) groups excluding carboxylic acids is 1. The number of nitrogens with one attached hydrogen (secondary N) is 2. The van der Waals surface area contributed by atoms with Gasteiger partial charge in [0.05, 0.1) is 12.0 Å². The summed E-state index contributed by atoms with van der Waals surface area (Å²) in [7, 11) is 0. The molecule has 0 saturated carbocycles. The number of halogens is 1. The summed E-state index contributed by atoms with van der Waals surface area (Å²) < 4.78 is 23.4. The molecule has 51 heavy (non-hydrogen) atoms. The van der Waals surface area contributed by atoms with E-state index in [0.717, 1.165) is 62.4 Å². The zero-order chi connectivity index (χ0) is 34.9. The van der Waals surface area contributed by atoms with Crippen LogP contribution >= 0.6 is 0 Å². The lowest BCUT2D eigenvalue weighted by atomic mass is 9.95. The van der Waals surface area contributed by atoms with E-state index in [9.17, 15) is 19.5 Å². The van der Waals surface area contributed by atoms with E-state index in [0.29, 0.717) is 42.0 Å². The van der Waals surface area contributed by atoms with Crippen LogP contribution in [0.2, 0.25) is 0 Å². The largest absolute Gasteiger partial charge is 0.508 e. The molecule has 4 saturated heterocycles. The van der Waals surface area contributed by atoms with E-state index in [1.807, 2.05) is 35.2 Å². The summed E-state index contributed by atoms with van der Waals surface area (Å²) in [6.07, 6.45) is 7.05. The topological polar surface area (TPSA) is 148 Å². The molecule has 5 aromatic rings. The Bertz CT molecular complexity index is 2300. The minimum atomic E-state index is -0.618. The van der Waals surface area contributed by atoms with Gasteiger partial charge in [0, 0.05) is 47.9 Å². The number of aromatic amines is 2. The van der Waals surface area contributed by atoms with Crippen LogP contribution in [0, 0.1) is 5.82 Å². The molecule has 0 unspecified atom stereocenters. The summed E-state index contributed by atoms with van der Waals surface area (Å²) in [5.74, 6) is -0.113. The summed E-state index contributed by atoms with van der Waals surface area (Å²) in [5.41, 5.74) is -0.0325. The van der Waals surface area contributed by atoms with Crippen LogP contribution in [0.5, 0.6) is 11.8 Å². The Morgan fingerprint density at radius 1 is 0.980 bits per heavy atom. The maximum absolute atomic E-state index is 16.9. The minimum Gasteiger partial charge on any atom is -0.508 e. The molecule has 4 fully saturated rings. The summed E-state index contributed by atoms with van der Waals surface area (Å²) in [6.45, 7) is 3.45. The molecule has 2 aromatic heterocycles. The van der Waals surface area contributed by atoms with Crippen LogP contribution in [-0.2, 0) is 11.2 Å². The van der Waals surface area contributed by atoms with E-state index in [-0.39, 0.29) is 52.8 Å². The van der Waals surface area contributed by atoms with Crippen molar-refractivity contribution in [3.8, 4) is 22.9 Å². The van der Waals surface area contributed by atoms with Crippen LogP contribution in [0.25, 0.3) is 32.8 Å². The number of H-pyrrole nitrogens is 2. The van der Waals surface area contributed by atoms with E-state index in [1.54, 1.807) is 18.2 Å². The number of piperazine rings is 1. The fourth-order valence-electron chi connectivity index (χ4n) is 9.12. The molecule has 9 rings (SSSR count). The van der Waals surface area contributed by atoms with Crippen molar-refractivity contribution in [3.05, 3.63) is 86.9 Å². The monoisotopic (exact) mass is 691 g/mol. The molecule has 2 atom stereocenters. The van der Waals surface area contributed by atoms with Gasteiger partial charge >= 0.3 is 11.7 Å². The van der Waals surface area contributed by atoms with Crippen LogP contribution in [0.15, 0.2) is 64.3 Å². The van der Waals surface area contributed by atoms with Crippen molar-refractivity contribution in [1.29, 1.82) is 0 Å². The number of anilines is 1. The first-order chi connectivity index (χ1) is 24.8. The Kier molecular flexibility index (Phi) is 7.57. The third-order valence-corrected chi connectivity index (χ3v) is 11.5. The van der Waals surface area contributed by atoms with Gasteiger partial charge in [0.15, 0.2) is 5.82 Å². The number of aromatic hydroxyl groups is 1. The predicted molar refractivity (Wildman–Crippen MR) is 190 cm³/mol. The Labute approximate surface area is 291 Å². The lowest BCUT2D eigenvalue weighted by molar-refractivity contribution is -0.133. The highest BCUT2D eigenvalue weighted by Crippen LogP contribution is 2.42. The highest BCUT2D eigenvalue weighted by Gasteiger charge is 2.46. The molecule has 3 N–H and O–H groups in total.